The van der Waals surface area contributed by atoms with E-state index in [1.807, 2.05) is 37.3 Å². The third-order valence-electron chi connectivity index (χ3n) is 4.70. The van der Waals surface area contributed by atoms with E-state index in [1.54, 1.807) is 48.5 Å². The third kappa shape index (κ3) is 4.38. The van der Waals surface area contributed by atoms with Gasteiger partial charge in [0.1, 0.15) is 0 Å². The van der Waals surface area contributed by atoms with Crippen molar-refractivity contribution in [3.8, 4) is 11.5 Å². The highest BCUT2D eigenvalue weighted by Crippen LogP contribution is 2.30. The number of cyclic esters (lactones) is 1. The minimum Gasteiger partial charge on any atom is -0.493 e. The normalized spacial score (nSPS) is 14.2. The average molecular weight is 413 g/mol. The number of methoxy groups -OCH3 is 1. The molecular formula is C25H19NO5. The number of carbonyl (C=O) groups is 2. The number of rotatable bonds is 5. The summed E-state index contributed by atoms with van der Waals surface area (Å²) in [6.07, 6.45) is 1.60. The summed E-state index contributed by atoms with van der Waals surface area (Å²) in [5.74, 6) is -0.118. The molecule has 0 fully saturated rings. The molecule has 0 unspecified atom stereocenters. The van der Waals surface area contributed by atoms with Gasteiger partial charge in [-0.1, -0.05) is 42.5 Å². The fourth-order valence-electron chi connectivity index (χ4n) is 3.09. The average Bonchev–Trinajstić information content (AvgIpc) is 3.15. The third-order valence-corrected chi connectivity index (χ3v) is 4.70. The summed E-state index contributed by atoms with van der Waals surface area (Å²) in [6, 6.07) is 21.2. The Morgan fingerprint density at radius 1 is 0.968 bits per heavy atom. The zero-order valence-corrected chi connectivity index (χ0v) is 17.0. The minimum atomic E-state index is -0.531. The summed E-state index contributed by atoms with van der Waals surface area (Å²) in [6.45, 7) is 1.92. The van der Waals surface area contributed by atoms with Crippen molar-refractivity contribution < 1.29 is 23.8 Å². The van der Waals surface area contributed by atoms with E-state index in [-0.39, 0.29) is 17.3 Å². The maximum atomic E-state index is 12.3. The Labute approximate surface area is 179 Å². The van der Waals surface area contributed by atoms with E-state index < -0.39 is 11.9 Å². The number of nitrogens with zero attached hydrogens (tertiary/aromatic N) is 1. The van der Waals surface area contributed by atoms with Crippen LogP contribution < -0.4 is 9.47 Å². The largest absolute Gasteiger partial charge is 0.493 e. The number of hydrogen-bond donors (Lipinski definition) is 0. The lowest BCUT2D eigenvalue weighted by Gasteiger charge is -2.10. The molecule has 3 aromatic carbocycles. The summed E-state index contributed by atoms with van der Waals surface area (Å²) in [5, 5.41) is 0. The Morgan fingerprint density at radius 2 is 1.71 bits per heavy atom. The number of ether oxygens (including phenoxy) is 3. The maximum Gasteiger partial charge on any atom is 0.363 e. The first kappa shape index (κ1) is 20.1. The molecule has 3 aromatic rings. The molecule has 0 amide bonds. The fraction of sp³-hybridized carbons (Fsp3) is 0.0800. The molecule has 1 heterocycles. The van der Waals surface area contributed by atoms with E-state index in [1.165, 1.54) is 7.11 Å². The zero-order chi connectivity index (χ0) is 21.8. The fourth-order valence-corrected chi connectivity index (χ4v) is 3.09. The van der Waals surface area contributed by atoms with Crippen molar-refractivity contribution in [3.05, 3.63) is 101 Å². The molecule has 31 heavy (non-hydrogen) atoms. The number of hydrogen-bond acceptors (Lipinski definition) is 6. The molecule has 0 N–H and O–H groups in total. The van der Waals surface area contributed by atoms with Crippen LogP contribution in [-0.4, -0.2) is 24.9 Å². The second-order valence-electron chi connectivity index (χ2n) is 6.82. The predicted octanol–water partition coefficient (Wildman–Crippen LogP) is 4.57. The van der Waals surface area contributed by atoms with Gasteiger partial charge in [-0.3, -0.25) is 0 Å². The molecule has 0 aromatic heterocycles. The molecule has 4 rings (SSSR count). The van der Waals surface area contributed by atoms with E-state index in [0.717, 1.165) is 11.1 Å². The van der Waals surface area contributed by atoms with Crippen LogP contribution >= 0.6 is 0 Å². The molecule has 0 saturated carbocycles. The van der Waals surface area contributed by atoms with E-state index in [4.69, 9.17) is 14.2 Å². The lowest BCUT2D eigenvalue weighted by molar-refractivity contribution is -0.129. The van der Waals surface area contributed by atoms with E-state index >= 15 is 0 Å². The summed E-state index contributed by atoms with van der Waals surface area (Å²) in [5.41, 5.74) is 2.98. The predicted molar refractivity (Wildman–Crippen MR) is 116 cm³/mol. The van der Waals surface area contributed by atoms with Crippen molar-refractivity contribution in [2.45, 2.75) is 6.92 Å². The standard InChI is InChI=1S/C25H19NO5/c1-16-8-6-7-11-19(16)23-26-20(25(28)31-23)14-17-12-13-21(22(15-17)29-2)30-24(27)18-9-4-3-5-10-18/h3-15H,1-2H3/b20-14-. The van der Waals surface area contributed by atoms with Crippen molar-refractivity contribution in [3.63, 3.8) is 0 Å². The highest BCUT2D eigenvalue weighted by molar-refractivity contribution is 6.13. The van der Waals surface area contributed by atoms with Gasteiger partial charge in [0.2, 0.25) is 5.90 Å². The van der Waals surface area contributed by atoms with Crippen LogP contribution in [-0.2, 0) is 9.53 Å². The summed E-state index contributed by atoms with van der Waals surface area (Å²) in [4.78, 5) is 29.0. The minimum absolute atomic E-state index is 0.175. The van der Waals surface area contributed by atoms with Crippen LogP contribution in [0.4, 0.5) is 0 Å². The Kier molecular flexibility index (Phi) is 5.62. The number of aryl methyl sites for hydroxylation is 1. The Hall–Kier alpha value is -4.19. The highest BCUT2D eigenvalue weighted by Gasteiger charge is 2.25. The van der Waals surface area contributed by atoms with E-state index in [2.05, 4.69) is 4.99 Å². The van der Waals surface area contributed by atoms with Crippen LogP contribution in [0.1, 0.15) is 27.0 Å². The molecule has 0 aliphatic carbocycles. The summed E-state index contributed by atoms with van der Waals surface area (Å²) < 4.78 is 16.2. The maximum absolute atomic E-state index is 12.3. The van der Waals surface area contributed by atoms with Gasteiger partial charge in [-0.2, -0.15) is 0 Å². The van der Waals surface area contributed by atoms with Gasteiger partial charge in [0.25, 0.3) is 0 Å². The van der Waals surface area contributed by atoms with Crippen molar-refractivity contribution in [2.75, 3.05) is 7.11 Å². The molecule has 0 spiro atoms. The van der Waals surface area contributed by atoms with Crippen LogP contribution in [0.5, 0.6) is 11.5 Å². The topological polar surface area (TPSA) is 74.2 Å². The number of esters is 2. The first-order valence-corrected chi connectivity index (χ1v) is 9.59. The van der Waals surface area contributed by atoms with Crippen LogP contribution in [0.2, 0.25) is 0 Å². The number of benzene rings is 3. The quantitative estimate of drug-likeness (QED) is 0.348. The lowest BCUT2D eigenvalue weighted by atomic mass is 10.1. The molecule has 1 aliphatic rings. The lowest BCUT2D eigenvalue weighted by Crippen LogP contribution is -2.09. The number of aliphatic imine (C=N–C) groups is 1. The molecular weight excluding hydrogens is 394 g/mol. The Bertz CT molecular complexity index is 1210. The number of carbonyl (C=O) groups excluding carboxylic acids is 2. The molecule has 6 heteroatoms. The zero-order valence-electron chi connectivity index (χ0n) is 17.0. The van der Waals surface area contributed by atoms with E-state index in [9.17, 15) is 9.59 Å². The van der Waals surface area contributed by atoms with Crippen molar-refractivity contribution in [2.24, 2.45) is 4.99 Å². The van der Waals surface area contributed by atoms with Gasteiger partial charge >= 0.3 is 11.9 Å². The smallest absolute Gasteiger partial charge is 0.363 e. The molecule has 0 saturated heterocycles. The van der Waals surface area contributed by atoms with Gasteiger partial charge < -0.3 is 14.2 Å². The van der Waals surface area contributed by atoms with Gasteiger partial charge in [-0.15, -0.1) is 0 Å². The van der Waals surface area contributed by atoms with Crippen LogP contribution in [0.25, 0.3) is 6.08 Å². The summed E-state index contributed by atoms with van der Waals surface area (Å²) >= 11 is 0. The highest BCUT2D eigenvalue weighted by atomic mass is 16.6. The van der Waals surface area contributed by atoms with Gasteiger partial charge in [-0.25, -0.2) is 14.6 Å². The van der Waals surface area contributed by atoms with Crippen molar-refractivity contribution in [1.82, 2.24) is 0 Å². The van der Waals surface area contributed by atoms with Crippen LogP contribution in [0.3, 0.4) is 0 Å². The molecule has 0 bridgehead atoms. The molecule has 1 aliphatic heterocycles. The van der Waals surface area contributed by atoms with Crippen LogP contribution in [0, 0.1) is 6.92 Å². The van der Waals surface area contributed by atoms with Crippen LogP contribution in [0.15, 0.2) is 83.5 Å². The van der Waals surface area contributed by atoms with Gasteiger partial charge in [0.15, 0.2) is 17.2 Å². The van der Waals surface area contributed by atoms with Crippen molar-refractivity contribution >= 4 is 23.9 Å². The van der Waals surface area contributed by atoms with Gasteiger partial charge in [0.05, 0.1) is 12.7 Å². The molecule has 0 atom stereocenters. The van der Waals surface area contributed by atoms with Gasteiger partial charge in [0, 0.05) is 5.56 Å². The monoisotopic (exact) mass is 413 g/mol. The van der Waals surface area contributed by atoms with Gasteiger partial charge in [-0.05, 0) is 54.5 Å². The second kappa shape index (κ2) is 8.67. The Morgan fingerprint density at radius 3 is 2.45 bits per heavy atom. The van der Waals surface area contributed by atoms with Crippen molar-refractivity contribution in [1.29, 1.82) is 0 Å². The molecule has 0 radical (unpaired) electrons. The molecule has 154 valence electrons. The first-order chi connectivity index (χ1) is 15.0. The summed E-state index contributed by atoms with van der Waals surface area (Å²) in [7, 11) is 1.48. The molecule has 6 nitrogen and oxygen atoms in total. The SMILES string of the molecule is COc1cc(/C=C2\N=C(c3ccccc3C)OC2=O)ccc1OC(=O)c1ccccc1. The second-order valence-corrected chi connectivity index (χ2v) is 6.82. The first-order valence-electron chi connectivity index (χ1n) is 9.59. The Balaban J connectivity index is 1.59. The van der Waals surface area contributed by atoms with E-state index in [0.29, 0.717) is 16.9 Å².